The van der Waals surface area contributed by atoms with Crippen LogP contribution in [0.1, 0.15) is 25.3 Å². The highest BCUT2D eigenvalue weighted by Gasteiger charge is 2.16. The molecule has 3 N–H and O–H groups in total. The normalized spacial score (nSPS) is 19.7. The Kier molecular flexibility index (Phi) is 2.49. The van der Waals surface area contributed by atoms with Crippen LogP contribution in [0.2, 0.25) is 0 Å². The number of rotatable bonds is 2. The summed E-state index contributed by atoms with van der Waals surface area (Å²) in [6.45, 7) is 0. The van der Waals surface area contributed by atoms with E-state index in [4.69, 9.17) is 5.84 Å². The van der Waals surface area contributed by atoms with Gasteiger partial charge in [-0.05, 0) is 19.3 Å². The number of anilines is 1. The molecule has 1 atom stereocenters. The van der Waals surface area contributed by atoms with E-state index < -0.39 is 0 Å². The van der Waals surface area contributed by atoms with Gasteiger partial charge in [0.1, 0.15) is 6.33 Å². The standard InChI is InChI=1S/C11H14N6/c12-16-10-9-11(14-6-13-10)17(7-15-9)8-4-2-1-3-5-8/h2,4,6-8H,1,3,5,12H2,(H,13,14,16). The van der Waals surface area contributed by atoms with Gasteiger partial charge in [0, 0.05) is 0 Å². The van der Waals surface area contributed by atoms with Crippen LogP contribution < -0.4 is 11.3 Å². The molecule has 6 nitrogen and oxygen atoms in total. The molecule has 17 heavy (non-hydrogen) atoms. The van der Waals surface area contributed by atoms with Gasteiger partial charge in [-0.25, -0.2) is 20.8 Å². The molecule has 6 heteroatoms. The van der Waals surface area contributed by atoms with Crippen LogP contribution in [0.25, 0.3) is 11.2 Å². The smallest absolute Gasteiger partial charge is 0.171 e. The van der Waals surface area contributed by atoms with E-state index >= 15 is 0 Å². The predicted octanol–water partition coefficient (Wildman–Crippen LogP) is 1.39. The van der Waals surface area contributed by atoms with Crippen molar-refractivity contribution in [2.75, 3.05) is 5.43 Å². The molecule has 0 aliphatic heterocycles. The lowest BCUT2D eigenvalue weighted by molar-refractivity contribution is 0.525. The number of imidazole rings is 1. The second-order valence-corrected chi connectivity index (χ2v) is 4.12. The van der Waals surface area contributed by atoms with E-state index in [0.29, 0.717) is 17.4 Å². The van der Waals surface area contributed by atoms with Crippen LogP contribution in [0.4, 0.5) is 5.82 Å². The number of hydrogen-bond acceptors (Lipinski definition) is 5. The fourth-order valence-electron chi connectivity index (χ4n) is 2.23. The molecule has 3 rings (SSSR count). The Morgan fingerprint density at radius 1 is 1.35 bits per heavy atom. The van der Waals surface area contributed by atoms with Crippen LogP contribution in [-0.4, -0.2) is 19.5 Å². The van der Waals surface area contributed by atoms with Crippen molar-refractivity contribution in [3.05, 3.63) is 24.8 Å². The van der Waals surface area contributed by atoms with Crippen LogP contribution in [0.3, 0.4) is 0 Å². The number of fused-ring (bicyclic) bond motifs is 1. The maximum atomic E-state index is 5.40. The molecule has 1 aliphatic rings. The van der Waals surface area contributed by atoms with E-state index in [0.717, 1.165) is 18.5 Å². The lowest BCUT2D eigenvalue weighted by Crippen LogP contribution is -2.11. The van der Waals surface area contributed by atoms with Crippen molar-refractivity contribution in [1.29, 1.82) is 0 Å². The molecule has 0 radical (unpaired) electrons. The molecule has 0 saturated carbocycles. The molecular formula is C11H14N6. The maximum Gasteiger partial charge on any atom is 0.171 e. The lowest BCUT2D eigenvalue weighted by atomic mass is 10.0. The third kappa shape index (κ3) is 1.66. The molecule has 0 bridgehead atoms. The number of nitrogens with two attached hydrogens (primary N) is 1. The van der Waals surface area contributed by atoms with Gasteiger partial charge in [-0.15, -0.1) is 0 Å². The summed E-state index contributed by atoms with van der Waals surface area (Å²) in [5.41, 5.74) is 4.08. The van der Waals surface area contributed by atoms with E-state index in [1.54, 1.807) is 6.33 Å². The van der Waals surface area contributed by atoms with Gasteiger partial charge in [0.05, 0.1) is 12.4 Å². The summed E-state index contributed by atoms with van der Waals surface area (Å²) in [7, 11) is 0. The molecule has 88 valence electrons. The monoisotopic (exact) mass is 230 g/mol. The van der Waals surface area contributed by atoms with Crippen LogP contribution in [0.15, 0.2) is 24.8 Å². The molecule has 2 heterocycles. The Balaban J connectivity index is 2.11. The van der Waals surface area contributed by atoms with Gasteiger partial charge in [-0.3, -0.25) is 0 Å². The van der Waals surface area contributed by atoms with Gasteiger partial charge in [0.15, 0.2) is 17.0 Å². The molecular weight excluding hydrogens is 216 g/mol. The summed E-state index contributed by atoms with van der Waals surface area (Å²) >= 11 is 0. The van der Waals surface area contributed by atoms with Gasteiger partial charge in [-0.2, -0.15) is 0 Å². The minimum absolute atomic E-state index is 0.342. The number of nitrogens with zero attached hydrogens (tertiary/aromatic N) is 4. The van der Waals surface area contributed by atoms with E-state index in [1.807, 2.05) is 0 Å². The maximum absolute atomic E-state index is 5.40. The van der Waals surface area contributed by atoms with Crippen molar-refractivity contribution in [2.24, 2.45) is 5.84 Å². The summed E-state index contributed by atoms with van der Waals surface area (Å²) in [5.74, 6) is 5.96. The highest BCUT2D eigenvalue weighted by Crippen LogP contribution is 2.26. The minimum atomic E-state index is 0.342. The fraction of sp³-hybridized carbons (Fsp3) is 0.364. The molecule has 0 amide bonds. The molecule has 0 spiro atoms. The van der Waals surface area contributed by atoms with Crippen LogP contribution in [0.5, 0.6) is 0 Å². The van der Waals surface area contributed by atoms with E-state index in [2.05, 4.69) is 37.1 Å². The average molecular weight is 230 g/mol. The summed E-state index contributed by atoms with van der Waals surface area (Å²) in [6.07, 6.45) is 11.2. The molecule has 0 fully saturated rings. The number of allylic oxidation sites excluding steroid dienone is 2. The van der Waals surface area contributed by atoms with Crippen molar-refractivity contribution in [3.63, 3.8) is 0 Å². The summed E-state index contributed by atoms with van der Waals surface area (Å²) < 4.78 is 2.08. The van der Waals surface area contributed by atoms with Gasteiger partial charge in [0.2, 0.25) is 0 Å². The first-order valence-electron chi connectivity index (χ1n) is 5.71. The predicted molar refractivity (Wildman–Crippen MR) is 65.2 cm³/mol. The van der Waals surface area contributed by atoms with Crippen molar-refractivity contribution in [2.45, 2.75) is 25.3 Å². The Morgan fingerprint density at radius 3 is 3.06 bits per heavy atom. The van der Waals surface area contributed by atoms with Crippen LogP contribution >= 0.6 is 0 Å². The molecule has 1 aliphatic carbocycles. The SMILES string of the molecule is NNc1ncnc2c1ncn2C1C=CCCC1. The van der Waals surface area contributed by atoms with Gasteiger partial charge in [-0.1, -0.05) is 12.2 Å². The number of aromatic nitrogens is 4. The molecule has 0 saturated heterocycles. The van der Waals surface area contributed by atoms with Crippen LogP contribution in [0, 0.1) is 0 Å². The van der Waals surface area contributed by atoms with E-state index in [-0.39, 0.29) is 0 Å². The molecule has 1 unspecified atom stereocenters. The zero-order valence-corrected chi connectivity index (χ0v) is 9.37. The Morgan fingerprint density at radius 2 is 2.29 bits per heavy atom. The Labute approximate surface area is 98.5 Å². The third-order valence-corrected chi connectivity index (χ3v) is 3.08. The van der Waals surface area contributed by atoms with Gasteiger partial charge < -0.3 is 9.99 Å². The summed E-state index contributed by atoms with van der Waals surface area (Å²) in [6, 6.07) is 0.342. The van der Waals surface area contributed by atoms with Crippen molar-refractivity contribution in [1.82, 2.24) is 19.5 Å². The largest absolute Gasteiger partial charge is 0.308 e. The van der Waals surface area contributed by atoms with Crippen molar-refractivity contribution < 1.29 is 0 Å². The second kappa shape index (κ2) is 4.14. The summed E-state index contributed by atoms with van der Waals surface area (Å²) in [4.78, 5) is 12.7. The first kappa shape index (κ1) is 10.2. The number of hydrazine groups is 1. The quantitative estimate of drug-likeness (QED) is 0.463. The summed E-state index contributed by atoms with van der Waals surface area (Å²) in [5, 5.41) is 0. The number of nitrogens with one attached hydrogen (secondary N) is 1. The third-order valence-electron chi connectivity index (χ3n) is 3.08. The number of hydrogen-bond donors (Lipinski definition) is 2. The fourth-order valence-corrected chi connectivity index (χ4v) is 2.23. The minimum Gasteiger partial charge on any atom is -0.308 e. The van der Waals surface area contributed by atoms with E-state index in [1.165, 1.54) is 12.7 Å². The zero-order chi connectivity index (χ0) is 11.7. The molecule has 2 aromatic heterocycles. The molecule has 2 aromatic rings. The van der Waals surface area contributed by atoms with Gasteiger partial charge in [0.25, 0.3) is 0 Å². The number of nitrogen functional groups attached to an aromatic ring is 1. The Hall–Kier alpha value is -1.95. The van der Waals surface area contributed by atoms with Crippen molar-refractivity contribution in [3.8, 4) is 0 Å². The first-order valence-corrected chi connectivity index (χ1v) is 5.71. The Bertz CT molecular complexity index is 558. The lowest BCUT2D eigenvalue weighted by Gasteiger charge is -2.17. The zero-order valence-electron chi connectivity index (χ0n) is 9.37. The highest BCUT2D eigenvalue weighted by molar-refractivity contribution is 5.82. The topological polar surface area (TPSA) is 81.7 Å². The first-order chi connectivity index (χ1) is 8.40. The van der Waals surface area contributed by atoms with Gasteiger partial charge >= 0.3 is 0 Å². The molecule has 0 aromatic carbocycles. The van der Waals surface area contributed by atoms with E-state index in [9.17, 15) is 0 Å². The highest BCUT2D eigenvalue weighted by atomic mass is 15.3. The average Bonchev–Trinajstić information content (AvgIpc) is 2.83. The second-order valence-electron chi connectivity index (χ2n) is 4.12. The van der Waals surface area contributed by atoms with Crippen molar-refractivity contribution >= 4 is 17.0 Å². The van der Waals surface area contributed by atoms with Crippen LogP contribution in [-0.2, 0) is 0 Å².